The lowest BCUT2D eigenvalue weighted by molar-refractivity contribution is 0.0952. The van der Waals surface area contributed by atoms with E-state index in [1.54, 1.807) is 0 Å². The van der Waals surface area contributed by atoms with Crippen LogP contribution in [-0.4, -0.2) is 35.7 Å². The fraction of sp³-hybridized carbons (Fsp3) is 0.611. The van der Waals surface area contributed by atoms with Crippen LogP contribution in [0.15, 0.2) is 10.6 Å². The highest BCUT2D eigenvalue weighted by Gasteiger charge is 2.28. The molecule has 1 atom stereocenters. The second kappa shape index (κ2) is 6.51. The molecule has 0 radical (unpaired) electrons. The molecule has 24 heavy (non-hydrogen) atoms. The predicted octanol–water partition coefficient (Wildman–Crippen LogP) is 2.53. The van der Waals surface area contributed by atoms with Gasteiger partial charge in [0.25, 0.3) is 11.6 Å². The molecule has 1 amide bonds. The van der Waals surface area contributed by atoms with Crippen LogP contribution in [0.2, 0.25) is 0 Å². The predicted molar refractivity (Wildman–Crippen MR) is 91.1 cm³/mol. The summed E-state index contributed by atoms with van der Waals surface area (Å²) in [5.41, 5.74) is 2.82. The molecule has 2 N–H and O–H groups in total. The lowest BCUT2D eigenvalue weighted by atomic mass is 9.96. The van der Waals surface area contributed by atoms with Crippen molar-refractivity contribution in [2.45, 2.75) is 44.9 Å². The van der Waals surface area contributed by atoms with Gasteiger partial charge in [-0.2, -0.15) is 0 Å². The first-order chi connectivity index (χ1) is 11.7. The molecule has 2 fully saturated rings. The summed E-state index contributed by atoms with van der Waals surface area (Å²) in [6, 6.07) is 1.93. The number of carbonyl (C=O) groups excluding carboxylic acids is 1. The summed E-state index contributed by atoms with van der Waals surface area (Å²) in [7, 11) is 0. The Kier molecular flexibility index (Phi) is 4.22. The number of aromatic nitrogens is 2. The van der Waals surface area contributed by atoms with Crippen molar-refractivity contribution in [2.24, 2.45) is 5.92 Å². The summed E-state index contributed by atoms with van der Waals surface area (Å²) in [6.07, 6.45) is 5.78. The van der Waals surface area contributed by atoms with Gasteiger partial charge in [0.1, 0.15) is 0 Å². The fourth-order valence-corrected chi connectivity index (χ4v) is 3.54. The smallest absolute Gasteiger partial charge is 0.259 e. The summed E-state index contributed by atoms with van der Waals surface area (Å²) in [5, 5.41) is 11.2. The second-order valence-electron chi connectivity index (χ2n) is 7.07. The highest BCUT2D eigenvalue weighted by Crippen LogP contribution is 2.40. The summed E-state index contributed by atoms with van der Waals surface area (Å²) in [4.78, 5) is 17.3. The Bertz CT molecular complexity index is 745. The van der Waals surface area contributed by atoms with Crippen molar-refractivity contribution in [2.75, 3.05) is 19.6 Å². The van der Waals surface area contributed by atoms with E-state index in [0.29, 0.717) is 29.7 Å². The standard InChI is InChI=1S/C18H24N4O2/c1-11-16-14(9-15(13-4-5-13)21-18(16)24-22-11)17(23)20-8-6-12-3-2-7-19-10-12/h9,12-13,19H,2-8,10H2,1H3,(H,20,23). The molecule has 1 unspecified atom stereocenters. The Morgan fingerprint density at radius 2 is 2.29 bits per heavy atom. The summed E-state index contributed by atoms with van der Waals surface area (Å²) in [6.45, 7) is 4.74. The zero-order valence-electron chi connectivity index (χ0n) is 14.1. The third kappa shape index (κ3) is 3.15. The van der Waals surface area contributed by atoms with E-state index in [1.807, 2.05) is 13.0 Å². The monoisotopic (exact) mass is 328 g/mol. The summed E-state index contributed by atoms with van der Waals surface area (Å²) in [5.74, 6) is 1.09. The van der Waals surface area contributed by atoms with Crippen LogP contribution in [-0.2, 0) is 0 Å². The van der Waals surface area contributed by atoms with Gasteiger partial charge in [-0.3, -0.25) is 4.79 Å². The van der Waals surface area contributed by atoms with E-state index in [-0.39, 0.29) is 5.91 Å². The van der Waals surface area contributed by atoms with Crippen LogP contribution >= 0.6 is 0 Å². The van der Waals surface area contributed by atoms with E-state index >= 15 is 0 Å². The molecule has 0 spiro atoms. The third-order valence-corrected chi connectivity index (χ3v) is 5.11. The Hall–Kier alpha value is -1.95. The highest BCUT2D eigenvalue weighted by molar-refractivity contribution is 6.06. The quantitative estimate of drug-likeness (QED) is 0.881. The van der Waals surface area contributed by atoms with Crippen molar-refractivity contribution in [3.8, 4) is 0 Å². The number of fused-ring (bicyclic) bond motifs is 1. The average molecular weight is 328 g/mol. The molecule has 128 valence electrons. The zero-order valence-corrected chi connectivity index (χ0v) is 14.1. The molecule has 3 heterocycles. The van der Waals surface area contributed by atoms with Crippen molar-refractivity contribution < 1.29 is 9.32 Å². The topological polar surface area (TPSA) is 80.0 Å². The number of hydrogen-bond acceptors (Lipinski definition) is 5. The summed E-state index contributed by atoms with van der Waals surface area (Å²) < 4.78 is 5.31. The Balaban J connectivity index is 1.49. The van der Waals surface area contributed by atoms with E-state index < -0.39 is 0 Å². The van der Waals surface area contributed by atoms with Crippen LogP contribution in [0.4, 0.5) is 0 Å². The lowest BCUT2D eigenvalue weighted by Gasteiger charge is -2.22. The molecule has 1 saturated heterocycles. The van der Waals surface area contributed by atoms with E-state index in [1.165, 1.54) is 12.8 Å². The van der Waals surface area contributed by atoms with Gasteiger partial charge in [-0.05, 0) is 64.1 Å². The zero-order chi connectivity index (χ0) is 16.5. The Labute approximate surface area is 141 Å². The van der Waals surface area contributed by atoms with Crippen LogP contribution in [0.5, 0.6) is 0 Å². The van der Waals surface area contributed by atoms with Crippen LogP contribution < -0.4 is 10.6 Å². The Morgan fingerprint density at radius 1 is 1.42 bits per heavy atom. The van der Waals surface area contributed by atoms with Gasteiger partial charge in [0.05, 0.1) is 16.6 Å². The maximum absolute atomic E-state index is 12.7. The number of rotatable bonds is 5. The van der Waals surface area contributed by atoms with Crippen LogP contribution in [0.25, 0.3) is 11.1 Å². The number of aryl methyl sites for hydroxylation is 1. The van der Waals surface area contributed by atoms with Crippen LogP contribution in [0, 0.1) is 12.8 Å². The minimum absolute atomic E-state index is 0.0423. The van der Waals surface area contributed by atoms with Gasteiger partial charge in [-0.25, -0.2) is 4.98 Å². The first-order valence-corrected chi connectivity index (χ1v) is 8.98. The second-order valence-corrected chi connectivity index (χ2v) is 7.07. The molecule has 1 saturated carbocycles. The molecule has 0 aromatic carbocycles. The number of hydrogen-bond donors (Lipinski definition) is 2. The van der Waals surface area contributed by atoms with Crippen LogP contribution in [0.3, 0.4) is 0 Å². The number of nitrogens with one attached hydrogen (secondary N) is 2. The first kappa shape index (κ1) is 15.6. The molecule has 2 aromatic heterocycles. The maximum Gasteiger partial charge on any atom is 0.259 e. The molecule has 6 nitrogen and oxygen atoms in total. The van der Waals surface area contributed by atoms with Gasteiger partial charge in [-0.15, -0.1) is 0 Å². The molecular weight excluding hydrogens is 304 g/mol. The minimum atomic E-state index is -0.0423. The normalized spacial score (nSPS) is 21.1. The minimum Gasteiger partial charge on any atom is -0.352 e. The third-order valence-electron chi connectivity index (χ3n) is 5.11. The number of amides is 1. The molecule has 2 aromatic rings. The van der Waals surface area contributed by atoms with Gasteiger partial charge in [0.15, 0.2) is 0 Å². The maximum atomic E-state index is 12.7. The number of pyridine rings is 1. The van der Waals surface area contributed by atoms with Crippen LogP contribution in [0.1, 0.15) is 59.8 Å². The van der Waals surface area contributed by atoms with Crippen molar-refractivity contribution in [3.05, 3.63) is 23.0 Å². The Morgan fingerprint density at radius 3 is 3.04 bits per heavy atom. The number of carbonyl (C=O) groups is 1. The summed E-state index contributed by atoms with van der Waals surface area (Å²) >= 11 is 0. The SMILES string of the molecule is Cc1noc2nc(C3CC3)cc(C(=O)NCCC3CCCNC3)c12. The molecule has 1 aliphatic carbocycles. The van der Waals surface area contributed by atoms with E-state index in [2.05, 4.69) is 20.8 Å². The molecule has 4 rings (SSSR count). The van der Waals surface area contributed by atoms with Gasteiger partial charge >= 0.3 is 0 Å². The van der Waals surface area contributed by atoms with E-state index in [9.17, 15) is 4.79 Å². The molecule has 2 aliphatic rings. The van der Waals surface area contributed by atoms with Gasteiger partial charge in [0, 0.05) is 18.2 Å². The van der Waals surface area contributed by atoms with Gasteiger partial charge in [-0.1, -0.05) is 5.16 Å². The van der Waals surface area contributed by atoms with E-state index in [4.69, 9.17) is 4.52 Å². The largest absolute Gasteiger partial charge is 0.352 e. The van der Waals surface area contributed by atoms with E-state index in [0.717, 1.165) is 49.1 Å². The molecule has 6 heteroatoms. The molecule has 0 bridgehead atoms. The van der Waals surface area contributed by atoms with Crippen molar-refractivity contribution in [1.29, 1.82) is 0 Å². The lowest BCUT2D eigenvalue weighted by Crippen LogP contribution is -2.33. The average Bonchev–Trinajstić information content (AvgIpc) is 3.39. The number of piperidine rings is 1. The molecular formula is C18H24N4O2. The molecule has 1 aliphatic heterocycles. The van der Waals surface area contributed by atoms with Crippen molar-refractivity contribution >= 4 is 17.0 Å². The van der Waals surface area contributed by atoms with Crippen molar-refractivity contribution in [3.63, 3.8) is 0 Å². The number of nitrogens with zero attached hydrogens (tertiary/aromatic N) is 2. The van der Waals surface area contributed by atoms with Gasteiger partial charge < -0.3 is 15.2 Å². The highest BCUT2D eigenvalue weighted by atomic mass is 16.5. The van der Waals surface area contributed by atoms with Crippen molar-refractivity contribution in [1.82, 2.24) is 20.8 Å². The van der Waals surface area contributed by atoms with Gasteiger partial charge in [0.2, 0.25) is 0 Å². The fourth-order valence-electron chi connectivity index (χ4n) is 3.54. The first-order valence-electron chi connectivity index (χ1n) is 8.98.